The van der Waals surface area contributed by atoms with Crippen molar-refractivity contribution in [1.82, 2.24) is 4.98 Å². The average molecular weight is 443 g/mol. The molecule has 1 aliphatic heterocycles. The van der Waals surface area contributed by atoms with Gasteiger partial charge in [-0.15, -0.1) is 0 Å². The molecule has 1 fully saturated rings. The van der Waals surface area contributed by atoms with Gasteiger partial charge in [-0.1, -0.05) is 39.0 Å². The van der Waals surface area contributed by atoms with Gasteiger partial charge in [0.15, 0.2) is 0 Å². The number of aliphatic hydroxyl groups excluding tert-OH is 1. The van der Waals surface area contributed by atoms with Crippen LogP contribution in [0.2, 0.25) is 0 Å². The summed E-state index contributed by atoms with van der Waals surface area (Å²) in [5, 5.41) is 11.1. The van der Waals surface area contributed by atoms with E-state index in [-0.39, 0.29) is 16.7 Å². The smallest absolute Gasteiger partial charge is 0.300 e. The first-order valence-electron chi connectivity index (χ1n) is 10.7. The molecule has 1 aromatic heterocycles. The summed E-state index contributed by atoms with van der Waals surface area (Å²) in [4.78, 5) is 32.2. The summed E-state index contributed by atoms with van der Waals surface area (Å²) in [7, 11) is 1.55. The third-order valence-corrected chi connectivity index (χ3v) is 5.79. The fourth-order valence-electron chi connectivity index (χ4n) is 3.94. The molecule has 1 unspecified atom stereocenters. The Balaban J connectivity index is 1.87. The molecule has 0 aliphatic carbocycles. The number of amides is 1. The van der Waals surface area contributed by atoms with Crippen molar-refractivity contribution in [2.24, 2.45) is 0 Å². The number of Topliss-reactive ketones (excluding diaryl/α,β-unsaturated/α-hetero) is 1. The van der Waals surface area contributed by atoms with Crippen LogP contribution in [0.1, 0.15) is 43.6 Å². The van der Waals surface area contributed by atoms with Gasteiger partial charge in [0.25, 0.3) is 11.7 Å². The Kier molecular flexibility index (Phi) is 5.77. The second-order valence-corrected chi connectivity index (χ2v) is 8.95. The predicted molar refractivity (Wildman–Crippen MR) is 127 cm³/mol. The Morgan fingerprint density at radius 1 is 0.970 bits per heavy atom. The van der Waals surface area contributed by atoms with Gasteiger partial charge in [0, 0.05) is 17.4 Å². The number of aromatic nitrogens is 1. The minimum atomic E-state index is -0.853. The van der Waals surface area contributed by atoms with Crippen LogP contribution in [0, 0.1) is 0 Å². The maximum Gasteiger partial charge on any atom is 0.300 e. The van der Waals surface area contributed by atoms with Crippen molar-refractivity contribution in [3.8, 4) is 5.75 Å². The third kappa shape index (κ3) is 4.12. The molecule has 2 heterocycles. The van der Waals surface area contributed by atoms with Gasteiger partial charge in [-0.25, -0.2) is 0 Å². The first kappa shape index (κ1) is 22.3. The highest BCUT2D eigenvalue weighted by molar-refractivity contribution is 6.51. The van der Waals surface area contributed by atoms with Crippen LogP contribution in [-0.2, 0) is 15.0 Å². The fraction of sp³-hybridized carbons (Fsp3) is 0.222. The molecule has 2 aromatic carbocycles. The first-order chi connectivity index (χ1) is 15.7. The van der Waals surface area contributed by atoms with Gasteiger partial charge in [-0.2, -0.15) is 0 Å². The molecule has 1 N–H and O–H groups in total. The molecule has 1 saturated heterocycles. The molecule has 1 aliphatic rings. The second-order valence-electron chi connectivity index (χ2n) is 8.95. The number of ether oxygens (including phenoxy) is 1. The zero-order chi connectivity index (χ0) is 23.8. The number of anilines is 1. The third-order valence-electron chi connectivity index (χ3n) is 5.79. The van der Waals surface area contributed by atoms with Crippen LogP contribution < -0.4 is 9.64 Å². The van der Waals surface area contributed by atoms with E-state index < -0.39 is 17.7 Å². The van der Waals surface area contributed by atoms with Crippen molar-refractivity contribution >= 4 is 23.1 Å². The Morgan fingerprint density at radius 3 is 2.18 bits per heavy atom. The van der Waals surface area contributed by atoms with Crippen LogP contribution in [0.4, 0.5) is 5.69 Å². The van der Waals surface area contributed by atoms with Crippen LogP contribution in [0.5, 0.6) is 5.75 Å². The van der Waals surface area contributed by atoms with Crippen LogP contribution in [-0.4, -0.2) is 28.9 Å². The molecule has 1 amide bonds. The van der Waals surface area contributed by atoms with E-state index in [1.165, 1.54) is 4.90 Å². The maximum absolute atomic E-state index is 13.2. The van der Waals surface area contributed by atoms with Crippen molar-refractivity contribution in [3.05, 3.63) is 95.3 Å². The standard InChI is InChI=1S/C27H26N2O4/c1-27(2,3)18-10-12-19(13-11-18)29-23(21-7-5-6-16-28-21)22(25(31)26(29)32)24(30)17-8-14-20(33-4)15-9-17/h5-16,23,30H,1-4H3/b24-22+. The molecule has 6 heteroatoms. The van der Waals surface area contributed by atoms with Gasteiger partial charge >= 0.3 is 0 Å². The predicted octanol–water partition coefficient (Wildman–Crippen LogP) is 5.01. The molecule has 0 saturated carbocycles. The first-order valence-corrected chi connectivity index (χ1v) is 10.7. The average Bonchev–Trinajstić information content (AvgIpc) is 3.09. The van der Waals surface area contributed by atoms with Crippen molar-refractivity contribution in [3.63, 3.8) is 0 Å². The molecule has 0 bridgehead atoms. The summed E-state index contributed by atoms with van der Waals surface area (Å²) in [6, 6.07) is 18.7. The van der Waals surface area contributed by atoms with Crippen LogP contribution >= 0.6 is 0 Å². The Labute approximate surface area is 193 Å². The van der Waals surface area contributed by atoms with Crippen molar-refractivity contribution in [1.29, 1.82) is 0 Å². The number of carbonyl (C=O) groups is 2. The largest absolute Gasteiger partial charge is 0.507 e. The second kappa shape index (κ2) is 8.54. The number of aliphatic hydroxyl groups is 1. The summed E-state index contributed by atoms with van der Waals surface area (Å²) < 4.78 is 5.17. The highest BCUT2D eigenvalue weighted by Gasteiger charge is 2.47. The Morgan fingerprint density at radius 2 is 1.64 bits per heavy atom. The lowest BCUT2D eigenvalue weighted by atomic mass is 9.87. The molecular weight excluding hydrogens is 416 g/mol. The van der Waals surface area contributed by atoms with E-state index in [4.69, 9.17) is 4.74 Å². The fourth-order valence-corrected chi connectivity index (χ4v) is 3.94. The van der Waals surface area contributed by atoms with E-state index in [1.54, 1.807) is 55.8 Å². The highest BCUT2D eigenvalue weighted by atomic mass is 16.5. The molecule has 4 rings (SSSR count). The number of rotatable bonds is 4. The minimum Gasteiger partial charge on any atom is -0.507 e. The van der Waals surface area contributed by atoms with E-state index in [9.17, 15) is 14.7 Å². The highest BCUT2D eigenvalue weighted by Crippen LogP contribution is 2.42. The molecule has 33 heavy (non-hydrogen) atoms. The topological polar surface area (TPSA) is 79.7 Å². The number of methoxy groups -OCH3 is 1. The quantitative estimate of drug-likeness (QED) is 0.349. The molecular formula is C27H26N2O4. The van der Waals surface area contributed by atoms with Gasteiger partial charge in [-0.3, -0.25) is 19.5 Å². The zero-order valence-corrected chi connectivity index (χ0v) is 19.1. The molecule has 3 aromatic rings. The van der Waals surface area contributed by atoms with E-state index >= 15 is 0 Å². The Hall–Kier alpha value is -3.93. The molecule has 6 nitrogen and oxygen atoms in total. The van der Waals surface area contributed by atoms with Crippen LogP contribution in [0.25, 0.3) is 5.76 Å². The van der Waals surface area contributed by atoms with Gasteiger partial charge in [0.1, 0.15) is 17.6 Å². The number of nitrogens with zero attached hydrogens (tertiary/aromatic N) is 2. The van der Waals surface area contributed by atoms with Crippen molar-refractivity contribution in [2.45, 2.75) is 32.2 Å². The lowest BCUT2D eigenvalue weighted by Gasteiger charge is -2.26. The normalized spacial score (nSPS) is 17.9. The van der Waals surface area contributed by atoms with Crippen molar-refractivity contribution in [2.75, 3.05) is 12.0 Å². The van der Waals surface area contributed by atoms with Crippen LogP contribution in [0.15, 0.2) is 78.5 Å². The van der Waals surface area contributed by atoms with E-state index in [2.05, 4.69) is 25.8 Å². The summed E-state index contributed by atoms with van der Waals surface area (Å²) in [6.45, 7) is 6.32. The number of benzene rings is 2. The maximum atomic E-state index is 13.2. The number of hydrogen-bond donors (Lipinski definition) is 1. The molecule has 168 valence electrons. The summed E-state index contributed by atoms with van der Waals surface area (Å²) in [5.74, 6) is -1.09. The molecule has 0 spiro atoms. The number of ketones is 1. The lowest BCUT2D eigenvalue weighted by Crippen LogP contribution is -2.30. The number of carbonyl (C=O) groups excluding carboxylic acids is 2. The molecule has 0 radical (unpaired) electrons. The number of pyridine rings is 1. The monoisotopic (exact) mass is 442 g/mol. The van der Waals surface area contributed by atoms with Crippen LogP contribution in [0.3, 0.4) is 0 Å². The van der Waals surface area contributed by atoms with E-state index in [0.29, 0.717) is 22.7 Å². The van der Waals surface area contributed by atoms with Gasteiger partial charge in [0.05, 0.1) is 18.4 Å². The van der Waals surface area contributed by atoms with Gasteiger partial charge in [-0.05, 0) is 59.5 Å². The number of hydrogen-bond acceptors (Lipinski definition) is 5. The van der Waals surface area contributed by atoms with E-state index in [1.807, 2.05) is 24.3 Å². The zero-order valence-electron chi connectivity index (χ0n) is 19.1. The van der Waals surface area contributed by atoms with Crippen molar-refractivity contribution < 1.29 is 19.4 Å². The summed E-state index contributed by atoms with van der Waals surface area (Å²) in [5.41, 5.74) is 2.53. The molecule has 1 atom stereocenters. The van der Waals surface area contributed by atoms with Gasteiger partial charge in [0.2, 0.25) is 0 Å². The summed E-state index contributed by atoms with van der Waals surface area (Å²) >= 11 is 0. The SMILES string of the molecule is COc1ccc(/C(O)=C2\C(=O)C(=O)N(c3ccc(C(C)(C)C)cc3)C2c2ccccn2)cc1. The summed E-state index contributed by atoms with van der Waals surface area (Å²) in [6.07, 6.45) is 1.60. The lowest BCUT2D eigenvalue weighted by molar-refractivity contribution is -0.132. The Bertz CT molecular complexity index is 1210. The minimum absolute atomic E-state index is 0.00349. The van der Waals surface area contributed by atoms with E-state index in [0.717, 1.165) is 5.56 Å². The van der Waals surface area contributed by atoms with Gasteiger partial charge < -0.3 is 9.84 Å².